The van der Waals surface area contributed by atoms with Crippen LogP contribution in [-0.2, 0) is 19.2 Å². The van der Waals surface area contributed by atoms with Gasteiger partial charge in [0.15, 0.2) is 11.5 Å². The molecule has 6 atom stereocenters. The van der Waals surface area contributed by atoms with Crippen molar-refractivity contribution >= 4 is 84.5 Å². The van der Waals surface area contributed by atoms with Gasteiger partial charge in [-0.2, -0.15) is 0 Å². The van der Waals surface area contributed by atoms with E-state index in [1.54, 1.807) is 43.3 Å². The number of imide groups is 2. The van der Waals surface area contributed by atoms with Crippen LogP contribution in [0.25, 0.3) is 6.08 Å². The molecule has 3 fully saturated rings. The molecule has 3 aromatic rings. The largest absolute Gasteiger partial charge is 0.503 e. The number of allylic oxidation sites excluding steroid dienone is 2. The zero-order valence-corrected chi connectivity index (χ0v) is 29.6. The monoisotopic (exact) mass is 796 g/mol. The Bertz CT molecular complexity index is 2000. The van der Waals surface area contributed by atoms with Gasteiger partial charge >= 0.3 is 0 Å². The van der Waals surface area contributed by atoms with Crippen LogP contribution < -0.4 is 14.5 Å². The first-order valence-electron chi connectivity index (χ1n) is 15.2. The lowest BCUT2D eigenvalue weighted by Crippen LogP contribution is -2.49. The second-order valence-electron chi connectivity index (χ2n) is 12.7. The molecule has 246 valence electrons. The topological polar surface area (TPSA) is 104 Å². The number of anilines is 2. The van der Waals surface area contributed by atoms with Gasteiger partial charge in [-0.05, 0) is 105 Å². The van der Waals surface area contributed by atoms with E-state index in [-0.39, 0.29) is 51.3 Å². The third-order valence-electron chi connectivity index (χ3n) is 10.5. The molecule has 0 spiro atoms. The van der Waals surface area contributed by atoms with Crippen molar-refractivity contribution in [3.63, 3.8) is 0 Å². The predicted octanol–water partition coefficient (Wildman–Crippen LogP) is 7.80. The Kier molecular flexibility index (Phi) is 7.96. The van der Waals surface area contributed by atoms with Crippen molar-refractivity contribution < 1.29 is 33.4 Å². The number of hydrogen-bond acceptors (Lipinski definition) is 6. The summed E-state index contributed by atoms with van der Waals surface area (Å²) in [5, 5.41) is 10.6. The van der Waals surface area contributed by atoms with Crippen molar-refractivity contribution in [2.24, 2.45) is 29.1 Å². The molecule has 0 radical (unpaired) electrons. The van der Waals surface area contributed by atoms with Gasteiger partial charge in [-0.1, -0.05) is 48.0 Å². The highest BCUT2D eigenvalue weighted by molar-refractivity contribution is 9.13. The molecule has 0 aromatic heterocycles. The number of nitrogens with zero attached hydrogens (tertiary/aromatic N) is 2. The van der Waals surface area contributed by atoms with E-state index in [2.05, 4.69) is 38.4 Å². The minimum Gasteiger partial charge on any atom is -0.503 e. The number of carbonyl (C=O) groups excluding carboxylic acids is 4. The molecular weight excluding hydrogens is 771 g/mol. The number of benzene rings is 3. The molecule has 3 aromatic carbocycles. The smallest absolute Gasteiger partial charge is 0.241 e. The van der Waals surface area contributed by atoms with Crippen LogP contribution in [0.3, 0.4) is 0 Å². The lowest BCUT2D eigenvalue weighted by Gasteiger charge is -2.49. The first-order chi connectivity index (χ1) is 22.8. The number of amides is 4. The van der Waals surface area contributed by atoms with Crippen LogP contribution in [0.1, 0.15) is 36.8 Å². The van der Waals surface area contributed by atoms with Crippen LogP contribution in [0.2, 0.25) is 5.02 Å². The Morgan fingerprint density at radius 3 is 2.31 bits per heavy atom. The Labute approximate surface area is 297 Å². The highest BCUT2D eigenvalue weighted by atomic mass is 79.9. The number of halogens is 4. The van der Waals surface area contributed by atoms with Crippen molar-refractivity contribution in [1.82, 2.24) is 0 Å². The molecule has 6 unspecified atom stereocenters. The van der Waals surface area contributed by atoms with Crippen LogP contribution >= 0.6 is 43.5 Å². The molecule has 12 heteroatoms. The lowest BCUT2D eigenvalue weighted by molar-refractivity contribution is -0.131. The molecule has 8 nitrogen and oxygen atoms in total. The number of rotatable bonds is 5. The number of ether oxygens (including phenoxy) is 1. The maximum Gasteiger partial charge on any atom is 0.241 e. The van der Waals surface area contributed by atoms with Crippen LogP contribution in [0.5, 0.6) is 11.5 Å². The average molecular weight is 799 g/mol. The van der Waals surface area contributed by atoms with E-state index >= 15 is 0 Å². The molecule has 0 bridgehead atoms. The third kappa shape index (κ3) is 4.50. The number of carbonyl (C=O) groups is 4. The van der Waals surface area contributed by atoms with Gasteiger partial charge < -0.3 is 9.84 Å². The summed E-state index contributed by atoms with van der Waals surface area (Å²) in [7, 11) is 1.40. The summed E-state index contributed by atoms with van der Waals surface area (Å²) in [6, 6.07) is 12.3. The number of aromatic hydroxyl groups is 1. The van der Waals surface area contributed by atoms with Crippen molar-refractivity contribution in [3.8, 4) is 11.5 Å². The van der Waals surface area contributed by atoms with Gasteiger partial charge in [0.25, 0.3) is 0 Å². The number of phenols is 1. The van der Waals surface area contributed by atoms with Gasteiger partial charge in [-0.15, -0.1) is 0 Å². The van der Waals surface area contributed by atoms with E-state index < -0.39 is 52.6 Å². The highest BCUT2D eigenvalue weighted by Crippen LogP contribution is 2.65. The Hall–Kier alpha value is -3.80. The zero-order valence-electron chi connectivity index (χ0n) is 25.7. The van der Waals surface area contributed by atoms with Crippen LogP contribution in [0.15, 0.2) is 75.7 Å². The van der Waals surface area contributed by atoms with E-state index in [0.717, 1.165) is 22.1 Å². The lowest BCUT2D eigenvalue weighted by atomic mass is 9.51. The van der Waals surface area contributed by atoms with E-state index in [0.29, 0.717) is 15.7 Å². The standard InChI is InChI=1S/C36H28Br2ClFN2O6/c1-4-16-5-7-17(8-6-16)41-32(44)20-11-10-19-21(27(20)34(41)46)14-23-33(45)42(18-9-12-25(40)24(39)13-18)35(47)36(23,2)28(19)22-15-26(48-3)31(43)30(38)29(22)37/h4-10,12-13,15,20-21,23,27-28,43H,1,11,14H2,2-3H3. The summed E-state index contributed by atoms with van der Waals surface area (Å²) < 4.78 is 20.4. The summed E-state index contributed by atoms with van der Waals surface area (Å²) in [5.74, 6) is -6.13. The minimum absolute atomic E-state index is 0.130. The summed E-state index contributed by atoms with van der Waals surface area (Å²) in [4.78, 5) is 59.6. The van der Waals surface area contributed by atoms with Crippen molar-refractivity contribution in [3.05, 3.63) is 97.7 Å². The molecule has 4 aliphatic rings. The van der Waals surface area contributed by atoms with Crippen LogP contribution in [-0.4, -0.2) is 35.8 Å². The van der Waals surface area contributed by atoms with Crippen LogP contribution in [0, 0.1) is 34.9 Å². The SMILES string of the molecule is C=Cc1ccc(N2C(=O)C3CC=C4C(CC5C(=O)N(c6ccc(F)c(Cl)c6)C(=O)C5(C)C4c4cc(OC)c(O)c(Br)c4Br)C3C2=O)cc1. The van der Waals surface area contributed by atoms with Gasteiger partial charge in [-0.25, -0.2) is 9.29 Å². The number of methoxy groups -OCH3 is 1. The Morgan fingerprint density at radius 2 is 1.67 bits per heavy atom. The van der Waals surface area contributed by atoms with Gasteiger partial charge in [-0.3, -0.25) is 24.1 Å². The summed E-state index contributed by atoms with van der Waals surface area (Å²) >= 11 is 13.2. The van der Waals surface area contributed by atoms with Gasteiger partial charge in [0.2, 0.25) is 23.6 Å². The molecule has 2 aliphatic heterocycles. The number of hydrogen-bond donors (Lipinski definition) is 1. The normalized spacial score (nSPS) is 27.9. The molecule has 7 rings (SSSR count). The second-order valence-corrected chi connectivity index (χ2v) is 14.7. The molecule has 2 saturated heterocycles. The zero-order chi connectivity index (χ0) is 34.4. The number of fused-ring (bicyclic) bond motifs is 4. The first kappa shape index (κ1) is 32.7. The maximum atomic E-state index is 14.7. The quantitative estimate of drug-likeness (QED) is 0.209. The van der Waals surface area contributed by atoms with Crippen molar-refractivity contribution in [2.75, 3.05) is 16.9 Å². The molecule has 1 N–H and O–H groups in total. The Morgan fingerprint density at radius 1 is 0.979 bits per heavy atom. The predicted molar refractivity (Wildman–Crippen MR) is 185 cm³/mol. The van der Waals surface area contributed by atoms with Crippen LogP contribution in [0.4, 0.5) is 15.8 Å². The number of phenolic OH excluding ortho intramolecular Hbond substituents is 1. The summed E-state index contributed by atoms with van der Waals surface area (Å²) in [6.07, 6.45) is 3.99. The highest BCUT2D eigenvalue weighted by Gasteiger charge is 2.68. The molecule has 2 heterocycles. The van der Waals surface area contributed by atoms with Crippen molar-refractivity contribution in [1.29, 1.82) is 0 Å². The van der Waals surface area contributed by atoms with E-state index in [1.807, 2.05) is 6.08 Å². The van der Waals surface area contributed by atoms with E-state index in [4.69, 9.17) is 16.3 Å². The van der Waals surface area contributed by atoms with E-state index in [9.17, 15) is 28.7 Å². The van der Waals surface area contributed by atoms with Crippen molar-refractivity contribution in [2.45, 2.75) is 25.7 Å². The minimum atomic E-state index is -1.39. The Balaban J connectivity index is 1.40. The van der Waals surface area contributed by atoms with Gasteiger partial charge in [0.1, 0.15) is 5.82 Å². The third-order valence-corrected chi connectivity index (χ3v) is 13.0. The fourth-order valence-electron chi connectivity index (χ4n) is 8.22. The van der Waals surface area contributed by atoms with E-state index in [1.165, 1.54) is 24.1 Å². The fourth-order valence-corrected chi connectivity index (χ4v) is 9.35. The maximum absolute atomic E-state index is 14.7. The van der Waals surface area contributed by atoms with Gasteiger partial charge in [0, 0.05) is 10.4 Å². The summed E-state index contributed by atoms with van der Waals surface area (Å²) in [6.45, 7) is 5.49. The van der Waals surface area contributed by atoms with Gasteiger partial charge in [0.05, 0.1) is 51.1 Å². The average Bonchev–Trinajstić information content (AvgIpc) is 3.45. The molecule has 4 amide bonds. The summed E-state index contributed by atoms with van der Waals surface area (Å²) in [5.41, 5.74) is 1.33. The molecular formula is C36H28Br2ClFN2O6. The fraction of sp³-hybridized carbons (Fsp3) is 0.278. The molecule has 2 aliphatic carbocycles. The second kappa shape index (κ2) is 11.7. The molecule has 1 saturated carbocycles. The molecule has 48 heavy (non-hydrogen) atoms. The first-order valence-corrected chi connectivity index (χ1v) is 17.2.